The van der Waals surface area contributed by atoms with Crippen molar-refractivity contribution in [2.24, 2.45) is 17.6 Å². The summed E-state index contributed by atoms with van der Waals surface area (Å²) in [5.41, 5.74) is 2.30. The minimum atomic E-state index is -2.72. The van der Waals surface area contributed by atoms with E-state index in [0.29, 0.717) is 11.3 Å². The first kappa shape index (κ1) is 30.9. The smallest absolute Gasteiger partial charge is 0.255 e. The normalized spacial score (nSPS) is 25.6. The maximum atomic E-state index is 13.9. The minimum Gasteiger partial charge on any atom is -0.510 e. The van der Waals surface area contributed by atoms with Crippen LogP contribution in [0.25, 0.3) is 0 Å². The number of hydrogen-bond acceptors (Lipinski definition) is 11. The van der Waals surface area contributed by atoms with Gasteiger partial charge in [0.05, 0.1) is 23.8 Å². The van der Waals surface area contributed by atoms with Crippen molar-refractivity contribution < 1.29 is 39.6 Å². The fraction of sp³-hybridized carbons (Fsp3) is 0.462. The molecule has 0 saturated carbocycles. The van der Waals surface area contributed by atoms with Crippen molar-refractivity contribution in [3.05, 3.63) is 39.9 Å². The van der Waals surface area contributed by atoms with Crippen molar-refractivity contribution >= 4 is 47.2 Å². The lowest BCUT2D eigenvalue weighted by molar-refractivity contribution is -0.148. The Kier molecular flexibility index (Phi) is 8.28. The van der Waals surface area contributed by atoms with Crippen LogP contribution < -0.4 is 21.3 Å². The molecule has 0 heterocycles. The lowest BCUT2D eigenvalue weighted by atomic mass is 9.58. The van der Waals surface area contributed by atoms with Gasteiger partial charge in [0.1, 0.15) is 17.1 Å². The molecule has 0 aromatic heterocycles. The number of carbonyl (C=O) groups is 4. The van der Waals surface area contributed by atoms with E-state index in [1.807, 2.05) is 0 Å². The van der Waals surface area contributed by atoms with Crippen molar-refractivity contribution in [2.75, 3.05) is 52.0 Å². The van der Waals surface area contributed by atoms with Gasteiger partial charge in [-0.1, -0.05) is 0 Å². The number of anilines is 2. The van der Waals surface area contributed by atoms with E-state index in [4.69, 9.17) is 5.73 Å². The molecule has 13 nitrogen and oxygen atoms in total. The van der Waals surface area contributed by atoms with E-state index in [2.05, 4.69) is 10.6 Å². The van der Waals surface area contributed by atoms with Gasteiger partial charge in [0.2, 0.25) is 11.7 Å². The number of fused-ring (bicyclic) bond motifs is 3. The number of benzene rings is 1. The quantitative estimate of drug-likeness (QED) is 0.173. The molecule has 0 spiro atoms. The first-order valence-electron chi connectivity index (χ1n) is 12.3. The molecule has 4 rings (SSSR count). The van der Waals surface area contributed by atoms with E-state index < -0.39 is 69.7 Å². The Labute approximate surface area is 236 Å². The van der Waals surface area contributed by atoms with Gasteiger partial charge in [-0.3, -0.25) is 24.1 Å². The number of rotatable bonds is 6. The highest BCUT2D eigenvalue weighted by atomic mass is 35.5. The summed E-state index contributed by atoms with van der Waals surface area (Å²) in [6, 6.07) is 0.477. The number of nitrogens with two attached hydrogens (primary N) is 1. The number of phenols is 1. The number of nitrogens with one attached hydrogen (secondary N) is 2. The fourth-order valence-electron chi connectivity index (χ4n) is 6.15. The number of phenolic OH excluding ortho intramolecular Hbond substituents is 1. The average Bonchev–Trinajstić information content (AvgIpc) is 2.82. The van der Waals surface area contributed by atoms with Gasteiger partial charge in [-0.25, -0.2) is 0 Å². The maximum absolute atomic E-state index is 13.9. The first-order chi connectivity index (χ1) is 18.2. The van der Waals surface area contributed by atoms with E-state index in [1.54, 1.807) is 46.2 Å². The zero-order valence-corrected chi connectivity index (χ0v) is 23.5. The van der Waals surface area contributed by atoms with Gasteiger partial charge < -0.3 is 41.7 Å². The van der Waals surface area contributed by atoms with Gasteiger partial charge in [-0.2, -0.15) is 0 Å². The number of ketones is 2. The molecule has 8 N–H and O–H groups in total. The Hall–Kier alpha value is -3.65. The molecule has 4 atom stereocenters. The minimum absolute atomic E-state index is 0. The third kappa shape index (κ3) is 4.38. The van der Waals surface area contributed by atoms with E-state index >= 15 is 0 Å². The molecule has 2 amide bonds. The lowest BCUT2D eigenvalue weighted by Crippen LogP contribution is -2.63. The number of aliphatic hydroxyl groups excluding tert-OH is 2. The highest BCUT2D eigenvalue weighted by molar-refractivity contribution is 6.25. The highest BCUT2D eigenvalue weighted by Gasteiger charge is 2.63. The zero-order valence-electron chi connectivity index (χ0n) is 22.7. The zero-order chi connectivity index (χ0) is 29.1. The number of aromatic hydroxyl groups is 1. The van der Waals surface area contributed by atoms with Crippen LogP contribution >= 0.6 is 12.4 Å². The van der Waals surface area contributed by atoms with Crippen molar-refractivity contribution in [2.45, 2.75) is 24.5 Å². The number of Topliss-reactive ketones (excluding diaryl/α,β-unsaturated/α-hetero) is 2. The number of nitrogens with zero attached hydrogens (tertiary/aromatic N) is 2. The van der Waals surface area contributed by atoms with Crippen LogP contribution in [0.15, 0.2) is 28.7 Å². The van der Waals surface area contributed by atoms with Gasteiger partial charge >= 0.3 is 0 Å². The molecule has 1 aromatic rings. The topological polar surface area (TPSA) is 206 Å². The molecule has 2 unspecified atom stereocenters. The summed E-state index contributed by atoms with van der Waals surface area (Å²) < 4.78 is 0. The average molecular weight is 580 g/mol. The van der Waals surface area contributed by atoms with E-state index in [-0.39, 0.29) is 48.6 Å². The molecule has 0 radical (unpaired) electrons. The van der Waals surface area contributed by atoms with Crippen LogP contribution in [-0.4, -0.2) is 102 Å². The van der Waals surface area contributed by atoms with Crippen LogP contribution in [0.1, 0.15) is 22.3 Å². The van der Waals surface area contributed by atoms with Crippen molar-refractivity contribution in [1.29, 1.82) is 0 Å². The Balaban J connectivity index is 0.00000441. The number of aliphatic hydroxyl groups is 3. The lowest BCUT2D eigenvalue weighted by Gasteiger charge is -2.50. The second kappa shape index (κ2) is 10.7. The van der Waals surface area contributed by atoms with Crippen LogP contribution in [0.3, 0.4) is 0 Å². The molecule has 3 aliphatic rings. The summed E-state index contributed by atoms with van der Waals surface area (Å²) >= 11 is 0. The van der Waals surface area contributed by atoms with Crippen molar-refractivity contribution in [3.8, 4) is 5.75 Å². The molecule has 218 valence electrons. The van der Waals surface area contributed by atoms with Gasteiger partial charge in [0.15, 0.2) is 17.1 Å². The molecule has 3 aliphatic carbocycles. The van der Waals surface area contributed by atoms with Gasteiger partial charge in [0.25, 0.3) is 5.91 Å². The molecule has 1 aromatic carbocycles. The van der Waals surface area contributed by atoms with Crippen LogP contribution in [0.2, 0.25) is 0 Å². The second-order valence-corrected chi connectivity index (χ2v) is 10.6. The monoisotopic (exact) mass is 579 g/mol. The van der Waals surface area contributed by atoms with Gasteiger partial charge in [-0.05, 0) is 51.5 Å². The Bertz CT molecular complexity index is 1370. The summed E-state index contributed by atoms with van der Waals surface area (Å²) in [6.45, 7) is -0.0537. The van der Waals surface area contributed by atoms with Crippen LogP contribution in [-0.2, 0) is 20.8 Å². The van der Waals surface area contributed by atoms with Gasteiger partial charge in [0, 0.05) is 31.3 Å². The standard InChI is InChI=1S/C26H33N5O8.ClH/c1-28-9-15(32)29-13-8-14(30(2)3)11-6-10-7-12-19(31(4)5)22(35)18(25(27)38)24(37)26(12,39)23(36)16(10)21(34)17(11)20(13)33;/h8,10,12,19,28,33,35-36,39H,6-7,9H2,1-5H3,(H2,27,38)(H,29,32);1H/t10?,12?,19-,26-;/m0./s1. The SMILES string of the molecule is CNCC(=O)Nc1cc(N(C)C)c2c(c1O)C(=O)C1=C(O)[C@]3(O)C(=O)C(C(N)=O)=C(O)[C@@H](N(C)C)C3CC1C2.Cl. The number of carbonyl (C=O) groups excluding carboxylic acids is 4. The number of primary amides is 1. The largest absolute Gasteiger partial charge is 0.510 e. The van der Waals surface area contributed by atoms with Crippen molar-refractivity contribution in [3.63, 3.8) is 0 Å². The van der Waals surface area contributed by atoms with Crippen LogP contribution in [0, 0.1) is 11.8 Å². The Morgan fingerprint density at radius 2 is 1.77 bits per heavy atom. The molecule has 40 heavy (non-hydrogen) atoms. The third-order valence-corrected chi connectivity index (χ3v) is 7.79. The number of hydrogen-bond donors (Lipinski definition) is 7. The summed E-state index contributed by atoms with van der Waals surface area (Å²) in [5, 5.41) is 50.3. The highest BCUT2D eigenvalue weighted by Crippen LogP contribution is 2.53. The molecular formula is C26H34ClN5O8. The predicted molar refractivity (Wildman–Crippen MR) is 148 cm³/mol. The Morgan fingerprint density at radius 1 is 1.15 bits per heavy atom. The number of halogens is 1. The summed E-state index contributed by atoms with van der Waals surface area (Å²) in [5.74, 6) is -7.78. The van der Waals surface area contributed by atoms with Crippen LogP contribution in [0.4, 0.5) is 11.4 Å². The molecule has 0 aliphatic heterocycles. The Morgan fingerprint density at radius 3 is 2.30 bits per heavy atom. The van der Waals surface area contributed by atoms with E-state index in [9.17, 15) is 39.6 Å². The first-order valence-corrected chi connectivity index (χ1v) is 12.3. The number of amides is 2. The summed E-state index contributed by atoms with van der Waals surface area (Å²) in [6.07, 6.45) is 0.125. The van der Waals surface area contributed by atoms with Crippen molar-refractivity contribution in [1.82, 2.24) is 10.2 Å². The fourth-order valence-corrected chi connectivity index (χ4v) is 6.15. The van der Waals surface area contributed by atoms with Gasteiger partial charge in [-0.15, -0.1) is 12.4 Å². The maximum Gasteiger partial charge on any atom is 0.255 e. The summed E-state index contributed by atoms with van der Waals surface area (Å²) in [7, 11) is 8.17. The predicted octanol–water partition coefficient (Wildman–Crippen LogP) is -0.234. The third-order valence-electron chi connectivity index (χ3n) is 7.79. The van der Waals surface area contributed by atoms with E-state index in [0.717, 1.165) is 0 Å². The van der Waals surface area contributed by atoms with E-state index in [1.165, 1.54) is 4.90 Å². The number of likely N-dealkylation sites (N-methyl/N-ethyl adjacent to an activating group) is 2. The second-order valence-electron chi connectivity index (χ2n) is 10.6. The molecule has 0 saturated heterocycles. The summed E-state index contributed by atoms with van der Waals surface area (Å²) in [4.78, 5) is 54.9. The number of allylic oxidation sites excluding steroid dienone is 1. The molecular weight excluding hydrogens is 546 g/mol. The molecule has 14 heteroatoms. The molecule has 0 bridgehead atoms. The molecule has 0 fully saturated rings. The van der Waals surface area contributed by atoms with Crippen LogP contribution in [0.5, 0.6) is 5.75 Å².